The SMILES string of the molecule is Cc1ccccc1Cc1ccc2nc(C3=CC=C(Cl)CC3)c(CN3CCOCC3)n2c1. The molecule has 0 radical (unpaired) electrons. The molecule has 1 aromatic carbocycles. The summed E-state index contributed by atoms with van der Waals surface area (Å²) in [6.45, 7) is 6.57. The number of hydrogen-bond donors (Lipinski definition) is 0. The Morgan fingerprint density at radius 1 is 1.03 bits per heavy atom. The number of nitrogens with zero attached hydrogens (tertiary/aromatic N) is 3. The van der Waals surface area contributed by atoms with Crippen molar-refractivity contribution in [1.29, 1.82) is 0 Å². The van der Waals surface area contributed by atoms with E-state index >= 15 is 0 Å². The topological polar surface area (TPSA) is 29.8 Å². The maximum absolute atomic E-state index is 6.22. The average Bonchev–Trinajstić information content (AvgIpc) is 3.14. The molecule has 2 aliphatic rings. The second-order valence-corrected chi connectivity index (χ2v) is 8.96. The Hall–Kier alpha value is -2.40. The summed E-state index contributed by atoms with van der Waals surface area (Å²) in [4.78, 5) is 7.53. The molecule has 2 aromatic heterocycles. The van der Waals surface area contributed by atoms with Gasteiger partial charge in [0, 0.05) is 30.9 Å². The predicted molar refractivity (Wildman–Crippen MR) is 126 cm³/mol. The summed E-state index contributed by atoms with van der Waals surface area (Å²) in [6.07, 6.45) is 9.19. The van der Waals surface area contributed by atoms with E-state index in [0.717, 1.165) is 68.5 Å². The van der Waals surface area contributed by atoms with Gasteiger partial charge in [-0.15, -0.1) is 0 Å². The molecule has 4 nitrogen and oxygen atoms in total. The highest BCUT2D eigenvalue weighted by Crippen LogP contribution is 2.31. The fourth-order valence-corrected chi connectivity index (χ4v) is 4.62. The van der Waals surface area contributed by atoms with Crippen LogP contribution in [0.2, 0.25) is 0 Å². The van der Waals surface area contributed by atoms with Crippen LogP contribution >= 0.6 is 11.6 Å². The minimum absolute atomic E-state index is 0.797. The molecule has 1 fully saturated rings. The van der Waals surface area contributed by atoms with Crippen molar-refractivity contribution in [3.8, 4) is 0 Å². The number of fused-ring (bicyclic) bond motifs is 1. The highest BCUT2D eigenvalue weighted by Gasteiger charge is 2.21. The third-order valence-electron chi connectivity index (χ3n) is 6.31. The van der Waals surface area contributed by atoms with Crippen molar-refractivity contribution in [2.45, 2.75) is 32.7 Å². The van der Waals surface area contributed by atoms with E-state index in [2.05, 4.69) is 64.9 Å². The summed E-state index contributed by atoms with van der Waals surface area (Å²) < 4.78 is 7.87. The molecule has 1 aliphatic carbocycles. The minimum atomic E-state index is 0.797. The molecule has 3 aromatic rings. The summed E-state index contributed by atoms with van der Waals surface area (Å²) in [5.74, 6) is 0. The second-order valence-electron chi connectivity index (χ2n) is 8.47. The molecular formula is C26H28ClN3O. The molecule has 0 saturated carbocycles. The summed E-state index contributed by atoms with van der Waals surface area (Å²) in [7, 11) is 0. The highest BCUT2D eigenvalue weighted by atomic mass is 35.5. The first-order valence-electron chi connectivity index (χ1n) is 11.1. The van der Waals surface area contributed by atoms with Gasteiger partial charge in [-0.25, -0.2) is 4.98 Å². The first-order chi connectivity index (χ1) is 15.2. The molecule has 0 spiro atoms. The van der Waals surface area contributed by atoms with E-state index in [-0.39, 0.29) is 0 Å². The van der Waals surface area contributed by atoms with Crippen molar-refractivity contribution in [3.05, 3.63) is 87.9 Å². The summed E-state index contributed by atoms with van der Waals surface area (Å²) in [6, 6.07) is 13.0. The smallest absolute Gasteiger partial charge is 0.137 e. The molecule has 3 heterocycles. The third-order valence-corrected chi connectivity index (χ3v) is 6.63. The molecular weight excluding hydrogens is 406 g/mol. The van der Waals surface area contributed by atoms with Crippen LogP contribution in [0.3, 0.4) is 0 Å². The van der Waals surface area contributed by atoms with E-state index in [4.69, 9.17) is 21.3 Å². The fraction of sp³-hybridized carbons (Fsp3) is 0.346. The Balaban J connectivity index is 1.55. The minimum Gasteiger partial charge on any atom is -0.379 e. The van der Waals surface area contributed by atoms with Crippen LogP contribution < -0.4 is 0 Å². The Morgan fingerprint density at radius 2 is 1.87 bits per heavy atom. The van der Waals surface area contributed by atoms with Crippen LogP contribution in [0.25, 0.3) is 11.2 Å². The zero-order valence-electron chi connectivity index (χ0n) is 18.0. The Morgan fingerprint density at radius 3 is 2.65 bits per heavy atom. The van der Waals surface area contributed by atoms with Crippen molar-refractivity contribution in [3.63, 3.8) is 0 Å². The lowest BCUT2D eigenvalue weighted by Crippen LogP contribution is -2.36. The lowest BCUT2D eigenvalue weighted by Gasteiger charge is -2.27. The highest BCUT2D eigenvalue weighted by molar-refractivity contribution is 6.29. The quantitative estimate of drug-likeness (QED) is 0.542. The van der Waals surface area contributed by atoms with E-state index in [1.165, 1.54) is 28.0 Å². The lowest BCUT2D eigenvalue weighted by molar-refractivity contribution is 0.0335. The van der Waals surface area contributed by atoms with Crippen LogP contribution in [0.15, 0.2) is 59.8 Å². The number of morpholine rings is 1. The van der Waals surface area contributed by atoms with Crippen LogP contribution in [-0.2, 0) is 17.7 Å². The van der Waals surface area contributed by atoms with Crippen molar-refractivity contribution < 1.29 is 4.74 Å². The van der Waals surface area contributed by atoms with Gasteiger partial charge in [0.1, 0.15) is 5.65 Å². The van der Waals surface area contributed by atoms with E-state index in [0.29, 0.717) is 0 Å². The van der Waals surface area contributed by atoms with E-state index in [1.807, 2.05) is 6.08 Å². The number of allylic oxidation sites excluding steroid dienone is 4. The number of imidazole rings is 1. The van der Waals surface area contributed by atoms with Gasteiger partial charge in [-0.05, 0) is 60.6 Å². The summed E-state index contributed by atoms with van der Waals surface area (Å²) in [5.41, 5.74) is 8.66. The maximum atomic E-state index is 6.22. The number of aromatic nitrogens is 2. The standard InChI is InChI=1S/C26H28ClN3O/c1-19-4-2-3-5-22(19)16-20-6-11-25-28-26(21-7-9-23(27)10-8-21)24(30(25)17-20)18-29-12-14-31-15-13-29/h2-7,9,11,17H,8,10,12-16,18H2,1H3. The van der Waals surface area contributed by atoms with Gasteiger partial charge >= 0.3 is 0 Å². The second kappa shape index (κ2) is 8.99. The van der Waals surface area contributed by atoms with Gasteiger partial charge in [-0.1, -0.05) is 48.0 Å². The van der Waals surface area contributed by atoms with Gasteiger partial charge in [-0.2, -0.15) is 0 Å². The molecule has 1 aliphatic heterocycles. The van der Waals surface area contributed by atoms with Gasteiger partial charge in [0.15, 0.2) is 0 Å². The van der Waals surface area contributed by atoms with Crippen LogP contribution in [0, 0.1) is 6.92 Å². The van der Waals surface area contributed by atoms with Crippen LogP contribution in [0.1, 0.15) is 40.9 Å². The van der Waals surface area contributed by atoms with Crippen molar-refractivity contribution in [2.24, 2.45) is 0 Å². The largest absolute Gasteiger partial charge is 0.379 e. The van der Waals surface area contributed by atoms with Crippen LogP contribution in [0.5, 0.6) is 0 Å². The van der Waals surface area contributed by atoms with E-state index < -0.39 is 0 Å². The number of halogens is 1. The predicted octanol–water partition coefficient (Wildman–Crippen LogP) is 5.37. The molecule has 31 heavy (non-hydrogen) atoms. The van der Waals surface area contributed by atoms with Crippen molar-refractivity contribution in [1.82, 2.24) is 14.3 Å². The van der Waals surface area contributed by atoms with Gasteiger partial charge in [-0.3, -0.25) is 4.90 Å². The van der Waals surface area contributed by atoms with Crippen LogP contribution in [0.4, 0.5) is 0 Å². The monoisotopic (exact) mass is 433 g/mol. The molecule has 0 atom stereocenters. The van der Waals surface area contributed by atoms with E-state index in [9.17, 15) is 0 Å². The zero-order chi connectivity index (χ0) is 21.2. The number of hydrogen-bond acceptors (Lipinski definition) is 3. The number of pyridine rings is 1. The molecule has 1 saturated heterocycles. The molecule has 5 rings (SSSR count). The Kier molecular flexibility index (Phi) is 5.95. The number of benzene rings is 1. The molecule has 160 valence electrons. The molecule has 0 N–H and O–H groups in total. The van der Waals surface area contributed by atoms with Crippen LogP contribution in [-0.4, -0.2) is 40.6 Å². The summed E-state index contributed by atoms with van der Waals surface area (Å²) in [5, 5.41) is 0.919. The molecule has 0 unspecified atom stereocenters. The number of aryl methyl sites for hydroxylation is 1. The van der Waals surface area contributed by atoms with Gasteiger partial charge < -0.3 is 9.14 Å². The Bertz CT molecular complexity index is 1150. The first-order valence-corrected chi connectivity index (χ1v) is 11.5. The lowest BCUT2D eigenvalue weighted by atomic mass is 10.00. The first kappa shape index (κ1) is 20.5. The Labute approximate surface area is 188 Å². The third kappa shape index (κ3) is 4.47. The molecule has 0 bridgehead atoms. The average molecular weight is 434 g/mol. The van der Waals surface area contributed by atoms with Gasteiger partial charge in [0.05, 0.1) is 24.6 Å². The molecule has 5 heteroatoms. The normalized spacial score (nSPS) is 17.6. The van der Waals surface area contributed by atoms with Gasteiger partial charge in [0.2, 0.25) is 0 Å². The zero-order valence-corrected chi connectivity index (χ0v) is 18.7. The van der Waals surface area contributed by atoms with Crippen molar-refractivity contribution >= 4 is 22.8 Å². The number of rotatable bonds is 5. The molecule has 0 amide bonds. The van der Waals surface area contributed by atoms with Crippen molar-refractivity contribution in [2.75, 3.05) is 26.3 Å². The van der Waals surface area contributed by atoms with Gasteiger partial charge in [0.25, 0.3) is 0 Å². The maximum Gasteiger partial charge on any atom is 0.137 e. The van der Waals surface area contributed by atoms with E-state index in [1.54, 1.807) is 0 Å². The fourth-order valence-electron chi connectivity index (χ4n) is 4.46. The summed E-state index contributed by atoms with van der Waals surface area (Å²) >= 11 is 6.22. The number of ether oxygens (including phenoxy) is 1.